The Morgan fingerprint density at radius 1 is 1.44 bits per heavy atom. The molecule has 0 fully saturated rings. The van der Waals surface area contributed by atoms with Crippen molar-refractivity contribution in [3.63, 3.8) is 0 Å². The van der Waals surface area contributed by atoms with E-state index in [0.717, 1.165) is 29.7 Å². The SMILES string of the molecule is COc1ccc(C(=O)Cn2cnc3sc4c(c3c2=O)CCC(C)C4)cc1Cl. The number of rotatable bonds is 4. The number of methoxy groups -OCH3 is 1. The molecule has 2 heterocycles. The summed E-state index contributed by atoms with van der Waals surface area (Å²) >= 11 is 7.71. The topological polar surface area (TPSA) is 61.2 Å². The van der Waals surface area contributed by atoms with Crippen molar-refractivity contribution in [2.75, 3.05) is 7.11 Å². The van der Waals surface area contributed by atoms with E-state index in [1.165, 1.54) is 22.9 Å². The largest absolute Gasteiger partial charge is 0.495 e. The Morgan fingerprint density at radius 3 is 3.00 bits per heavy atom. The smallest absolute Gasteiger partial charge is 0.262 e. The van der Waals surface area contributed by atoms with Crippen LogP contribution in [0.5, 0.6) is 5.75 Å². The summed E-state index contributed by atoms with van der Waals surface area (Å²) in [6.07, 6.45) is 4.45. The molecule has 0 saturated carbocycles. The van der Waals surface area contributed by atoms with E-state index in [1.807, 2.05) is 0 Å². The van der Waals surface area contributed by atoms with Crippen LogP contribution < -0.4 is 10.3 Å². The molecule has 7 heteroatoms. The molecule has 5 nitrogen and oxygen atoms in total. The fraction of sp³-hybridized carbons (Fsp3) is 0.350. The number of fused-ring (bicyclic) bond motifs is 3. The average Bonchev–Trinajstić information content (AvgIpc) is 3.02. The fourth-order valence-electron chi connectivity index (χ4n) is 3.56. The van der Waals surface area contributed by atoms with E-state index >= 15 is 0 Å². The van der Waals surface area contributed by atoms with Crippen LogP contribution in [0.3, 0.4) is 0 Å². The number of benzene rings is 1. The van der Waals surface area contributed by atoms with Crippen molar-refractivity contribution in [1.29, 1.82) is 0 Å². The molecule has 1 aliphatic rings. The first kappa shape index (κ1) is 18.2. The molecule has 0 N–H and O–H groups in total. The van der Waals surface area contributed by atoms with Crippen molar-refractivity contribution in [2.45, 2.75) is 32.7 Å². The Labute approximate surface area is 165 Å². The molecule has 0 amide bonds. The van der Waals surface area contributed by atoms with Gasteiger partial charge in [0.2, 0.25) is 0 Å². The molecule has 1 aromatic carbocycles. The fourth-order valence-corrected chi connectivity index (χ4v) is 5.16. The quantitative estimate of drug-likeness (QED) is 0.615. The summed E-state index contributed by atoms with van der Waals surface area (Å²) in [6, 6.07) is 4.86. The molecule has 0 aliphatic heterocycles. The van der Waals surface area contributed by atoms with E-state index in [0.29, 0.717) is 27.6 Å². The lowest BCUT2D eigenvalue weighted by Gasteiger charge is -2.17. The van der Waals surface area contributed by atoms with Gasteiger partial charge in [-0.3, -0.25) is 14.2 Å². The number of hydrogen-bond acceptors (Lipinski definition) is 5. The van der Waals surface area contributed by atoms with E-state index in [-0.39, 0.29) is 17.9 Å². The maximum atomic E-state index is 13.0. The van der Waals surface area contributed by atoms with Crippen molar-refractivity contribution < 1.29 is 9.53 Å². The Balaban J connectivity index is 1.68. The molecule has 3 aromatic rings. The second-order valence-corrected chi connectivity index (χ2v) is 8.47. The second-order valence-electron chi connectivity index (χ2n) is 6.98. The molecule has 0 saturated heterocycles. The van der Waals surface area contributed by atoms with Crippen LogP contribution in [-0.4, -0.2) is 22.4 Å². The maximum absolute atomic E-state index is 13.0. The molecule has 1 unspecified atom stereocenters. The second kappa shape index (κ2) is 7.09. The van der Waals surface area contributed by atoms with Crippen LogP contribution in [0.2, 0.25) is 5.02 Å². The highest BCUT2D eigenvalue weighted by molar-refractivity contribution is 7.18. The van der Waals surface area contributed by atoms with Crippen molar-refractivity contribution in [2.24, 2.45) is 5.92 Å². The van der Waals surface area contributed by atoms with E-state index in [4.69, 9.17) is 16.3 Å². The lowest BCUT2D eigenvalue weighted by molar-refractivity contribution is 0.0970. The predicted molar refractivity (Wildman–Crippen MR) is 107 cm³/mol. The third-order valence-electron chi connectivity index (χ3n) is 5.07. The first-order valence-electron chi connectivity index (χ1n) is 8.84. The molecule has 27 heavy (non-hydrogen) atoms. The van der Waals surface area contributed by atoms with Gasteiger partial charge in [0.25, 0.3) is 5.56 Å². The van der Waals surface area contributed by atoms with Gasteiger partial charge >= 0.3 is 0 Å². The summed E-state index contributed by atoms with van der Waals surface area (Å²) in [6.45, 7) is 2.17. The zero-order valence-electron chi connectivity index (χ0n) is 15.1. The van der Waals surface area contributed by atoms with Gasteiger partial charge in [0.15, 0.2) is 5.78 Å². The molecule has 1 aliphatic carbocycles. The van der Waals surface area contributed by atoms with Gasteiger partial charge in [0.1, 0.15) is 10.6 Å². The lowest BCUT2D eigenvalue weighted by Crippen LogP contribution is -2.25. The first-order chi connectivity index (χ1) is 13.0. The molecule has 4 rings (SSSR count). The number of hydrogen-bond donors (Lipinski definition) is 0. The highest BCUT2D eigenvalue weighted by Gasteiger charge is 2.23. The Bertz CT molecular complexity index is 1100. The Hall–Kier alpha value is -2.18. The first-order valence-corrected chi connectivity index (χ1v) is 10.0. The highest BCUT2D eigenvalue weighted by Crippen LogP contribution is 2.35. The van der Waals surface area contributed by atoms with Crippen molar-refractivity contribution in [1.82, 2.24) is 9.55 Å². The van der Waals surface area contributed by atoms with Gasteiger partial charge in [-0.25, -0.2) is 4.98 Å². The van der Waals surface area contributed by atoms with Crippen LogP contribution >= 0.6 is 22.9 Å². The summed E-state index contributed by atoms with van der Waals surface area (Å²) in [7, 11) is 1.52. The van der Waals surface area contributed by atoms with Gasteiger partial charge in [-0.2, -0.15) is 0 Å². The number of aromatic nitrogens is 2. The van der Waals surface area contributed by atoms with Crippen LogP contribution in [0.25, 0.3) is 10.2 Å². The number of ether oxygens (including phenoxy) is 1. The number of ketones is 1. The van der Waals surface area contributed by atoms with Gasteiger partial charge in [-0.05, 0) is 48.9 Å². The van der Waals surface area contributed by atoms with Crippen LogP contribution in [-0.2, 0) is 19.4 Å². The van der Waals surface area contributed by atoms with Gasteiger partial charge in [0, 0.05) is 10.4 Å². The van der Waals surface area contributed by atoms with Crippen molar-refractivity contribution >= 4 is 38.9 Å². The molecular weight excluding hydrogens is 384 g/mol. The number of halogens is 1. The summed E-state index contributed by atoms with van der Waals surface area (Å²) < 4.78 is 6.51. The minimum absolute atomic E-state index is 0.0640. The number of carbonyl (C=O) groups excluding carboxylic acids is 1. The summed E-state index contributed by atoms with van der Waals surface area (Å²) in [5, 5.41) is 1.05. The molecule has 140 valence electrons. The molecule has 0 radical (unpaired) electrons. The molecule has 2 aromatic heterocycles. The number of aryl methyl sites for hydroxylation is 1. The summed E-state index contributed by atoms with van der Waals surface area (Å²) in [4.78, 5) is 32.1. The minimum atomic E-state index is -0.194. The number of Topliss-reactive ketones (excluding diaryl/α,β-unsaturated/α-hetero) is 1. The van der Waals surface area contributed by atoms with E-state index in [9.17, 15) is 9.59 Å². The third-order valence-corrected chi connectivity index (χ3v) is 6.53. The number of thiophene rings is 1. The lowest BCUT2D eigenvalue weighted by atomic mass is 9.89. The van der Waals surface area contributed by atoms with Crippen LogP contribution in [0.4, 0.5) is 0 Å². The summed E-state index contributed by atoms with van der Waals surface area (Å²) in [5.41, 5.74) is 1.42. The standard InChI is InChI=1S/C20H19ClN2O3S/c1-11-3-5-13-17(7-11)27-19-18(13)20(25)23(10-22-19)9-15(24)12-4-6-16(26-2)14(21)8-12/h4,6,8,10-11H,3,5,7,9H2,1-2H3. The Morgan fingerprint density at radius 2 is 2.26 bits per heavy atom. The van der Waals surface area contributed by atoms with E-state index in [2.05, 4.69) is 11.9 Å². The predicted octanol–water partition coefficient (Wildman–Crippen LogP) is 4.13. The third kappa shape index (κ3) is 3.28. The highest BCUT2D eigenvalue weighted by atomic mass is 35.5. The summed E-state index contributed by atoms with van der Waals surface area (Å²) in [5.74, 6) is 0.947. The zero-order valence-corrected chi connectivity index (χ0v) is 16.7. The maximum Gasteiger partial charge on any atom is 0.262 e. The molecule has 0 bridgehead atoms. The average molecular weight is 403 g/mol. The van der Waals surface area contributed by atoms with Crippen LogP contribution in [0, 0.1) is 5.92 Å². The van der Waals surface area contributed by atoms with Gasteiger partial charge in [-0.1, -0.05) is 18.5 Å². The van der Waals surface area contributed by atoms with Gasteiger partial charge < -0.3 is 4.74 Å². The normalized spacial score (nSPS) is 16.3. The monoisotopic (exact) mass is 402 g/mol. The van der Waals surface area contributed by atoms with Gasteiger partial charge in [-0.15, -0.1) is 11.3 Å². The van der Waals surface area contributed by atoms with Gasteiger partial charge in [0.05, 0.1) is 30.4 Å². The minimum Gasteiger partial charge on any atom is -0.495 e. The Kier molecular flexibility index (Phi) is 4.78. The molecule has 0 spiro atoms. The van der Waals surface area contributed by atoms with Crippen LogP contribution in [0.15, 0.2) is 29.3 Å². The zero-order chi connectivity index (χ0) is 19.1. The molecular formula is C20H19ClN2O3S. The van der Waals surface area contributed by atoms with Crippen molar-refractivity contribution in [3.8, 4) is 5.75 Å². The van der Waals surface area contributed by atoms with E-state index < -0.39 is 0 Å². The number of carbonyl (C=O) groups is 1. The van der Waals surface area contributed by atoms with Crippen molar-refractivity contribution in [3.05, 3.63) is 55.9 Å². The molecule has 1 atom stereocenters. The van der Waals surface area contributed by atoms with Crippen LogP contribution in [0.1, 0.15) is 34.1 Å². The number of nitrogens with zero attached hydrogens (tertiary/aromatic N) is 2. The van der Waals surface area contributed by atoms with E-state index in [1.54, 1.807) is 29.5 Å².